The van der Waals surface area contributed by atoms with Gasteiger partial charge in [0.05, 0.1) is 6.10 Å². The third-order valence-corrected chi connectivity index (χ3v) is 3.07. The van der Waals surface area contributed by atoms with Gasteiger partial charge in [-0.05, 0) is 30.5 Å². The molecule has 0 bridgehead atoms. The summed E-state index contributed by atoms with van der Waals surface area (Å²) in [4.78, 5) is 13.5. The minimum atomic E-state index is -0.356. The van der Waals surface area contributed by atoms with E-state index in [0.29, 0.717) is 19.5 Å². The summed E-state index contributed by atoms with van der Waals surface area (Å²) in [6.45, 7) is 3.12. The van der Waals surface area contributed by atoms with E-state index in [2.05, 4.69) is 0 Å². The van der Waals surface area contributed by atoms with Crippen molar-refractivity contribution in [1.29, 1.82) is 0 Å². The Labute approximate surface area is 101 Å². The molecular formula is C14H17NO2. The molecule has 0 aromatic heterocycles. The van der Waals surface area contributed by atoms with Crippen LogP contribution in [0.5, 0.6) is 0 Å². The van der Waals surface area contributed by atoms with Gasteiger partial charge in [-0.3, -0.25) is 4.79 Å². The first kappa shape index (κ1) is 11.9. The van der Waals surface area contributed by atoms with Crippen molar-refractivity contribution in [2.24, 2.45) is 0 Å². The topological polar surface area (TPSA) is 40.5 Å². The summed E-state index contributed by atoms with van der Waals surface area (Å²) in [5.41, 5.74) is 2.21. The number of rotatable bonds is 2. The zero-order chi connectivity index (χ0) is 12.3. The van der Waals surface area contributed by atoms with Crippen LogP contribution in [0.25, 0.3) is 6.08 Å². The smallest absolute Gasteiger partial charge is 0.246 e. The van der Waals surface area contributed by atoms with Gasteiger partial charge in [0.2, 0.25) is 5.91 Å². The number of likely N-dealkylation sites (tertiary alicyclic amines) is 1. The molecule has 0 radical (unpaired) electrons. The van der Waals surface area contributed by atoms with Crippen LogP contribution < -0.4 is 0 Å². The Morgan fingerprint density at radius 3 is 2.88 bits per heavy atom. The summed E-state index contributed by atoms with van der Waals surface area (Å²) in [6.07, 6.45) is 3.75. The largest absolute Gasteiger partial charge is 0.391 e. The number of aryl methyl sites for hydroxylation is 1. The van der Waals surface area contributed by atoms with Gasteiger partial charge in [-0.1, -0.05) is 24.3 Å². The number of carbonyl (C=O) groups is 1. The summed E-state index contributed by atoms with van der Waals surface area (Å²) < 4.78 is 0. The molecule has 0 spiro atoms. The molecule has 1 amide bonds. The van der Waals surface area contributed by atoms with Crippen LogP contribution in [0.3, 0.4) is 0 Å². The number of β-amino-alcohol motifs (C(OH)–C–C–N with tert-alkyl or cyclic N) is 1. The lowest BCUT2D eigenvalue weighted by Crippen LogP contribution is -2.27. The van der Waals surface area contributed by atoms with E-state index in [1.165, 1.54) is 0 Å². The van der Waals surface area contributed by atoms with Crippen molar-refractivity contribution in [1.82, 2.24) is 4.90 Å². The number of carbonyl (C=O) groups excluding carboxylic acids is 1. The van der Waals surface area contributed by atoms with Gasteiger partial charge in [0, 0.05) is 19.2 Å². The van der Waals surface area contributed by atoms with E-state index in [4.69, 9.17) is 0 Å². The molecule has 1 aliphatic rings. The van der Waals surface area contributed by atoms with Crippen LogP contribution in [0.15, 0.2) is 30.3 Å². The molecular weight excluding hydrogens is 214 g/mol. The molecule has 2 rings (SSSR count). The molecule has 0 saturated carbocycles. The lowest BCUT2D eigenvalue weighted by Gasteiger charge is -2.12. The molecule has 1 fully saturated rings. The van der Waals surface area contributed by atoms with Crippen molar-refractivity contribution < 1.29 is 9.90 Å². The predicted molar refractivity (Wildman–Crippen MR) is 67.4 cm³/mol. The van der Waals surface area contributed by atoms with Gasteiger partial charge in [-0.15, -0.1) is 0 Å². The van der Waals surface area contributed by atoms with E-state index in [1.54, 1.807) is 11.0 Å². The number of hydrogen-bond donors (Lipinski definition) is 1. The van der Waals surface area contributed by atoms with Crippen molar-refractivity contribution >= 4 is 12.0 Å². The second-order valence-corrected chi connectivity index (χ2v) is 4.42. The average molecular weight is 231 g/mol. The molecule has 3 heteroatoms. The van der Waals surface area contributed by atoms with E-state index in [-0.39, 0.29) is 12.0 Å². The second-order valence-electron chi connectivity index (χ2n) is 4.42. The van der Waals surface area contributed by atoms with Gasteiger partial charge < -0.3 is 10.0 Å². The Morgan fingerprint density at radius 1 is 1.47 bits per heavy atom. The van der Waals surface area contributed by atoms with Crippen LogP contribution in [-0.4, -0.2) is 35.1 Å². The standard InChI is InChI=1S/C14H17NO2/c1-11-4-2-3-5-12(11)6-7-14(17)15-9-8-13(16)10-15/h2-7,13,16H,8-10H2,1H3. The van der Waals surface area contributed by atoms with Gasteiger partial charge in [-0.25, -0.2) is 0 Å². The molecule has 3 nitrogen and oxygen atoms in total. The molecule has 1 aliphatic heterocycles. The summed E-state index contributed by atoms with van der Waals surface area (Å²) in [5.74, 6) is -0.0233. The quantitative estimate of drug-likeness (QED) is 0.785. The molecule has 1 aromatic rings. The average Bonchev–Trinajstić information content (AvgIpc) is 2.74. The van der Waals surface area contributed by atoms with E-state index >= 15 is 0 Å². The second kappa shape index (κ2) is 5.15. The monoisotopic (exact) mass is 231 g/mol. The fourth-order valence-electron chi connectivity index (χ4n) is 1.98. The molecule has 1 atom stereocenters. The first-order valence-corrected chi connectivity index (χ1v) is 5.87. The summed E-state index contributed by atoms with van der Waals surface area (Å²) in [5, 5.41) is 9.36. The highest BCUT2D eigenvalue weighted by Crippen LogP contribution is 2.12. The minimum absolute atomic E-state index is 0.0233. The normalized spacial score (nSPS) is 20.1. The lowest BCUT2D eigenvalue weighted by molar-refractivity contribution is -0.125. The Morgan fingerprint density at radius 2 is 2.24 bits per heavy atom. The van der Waals surface area contributed by atoms with E-state index in [1.807, 2.05) is 37.3 Å². The molecule has 0 aliphatic carbocycles. The predicted octanol–water partition coefficient (Wildman–Crippen LogP) is 1.60. The lowest BCUT2D eigenvalue weighted by atomic mass is 10.1. The van der Waals surface area contributed by atoms with Crippen molar-refractivity contribution in [2.45, 2.75) is 19.4 Å². The van der Waals surface area contributed by atoms with Crippen LogP contribution in [0, 0.1) is 6.92 Å². The molecule has 1 N–H and O–H groups in total. The van der Waals surface area contributed by atoms with Crippen molar-refractivity contribution in [3.63, 3.8) is 0 Å². The van der Waals surface area contributed by atoms with Gasteiger partial charge in [0.25, 0.3) is 0 Å². The van der Waals surface area contributed by atoms with Crippen LogP contribution in [-0.2, 0) is 4.79 Å². The molecule has 1 aromatic carbocycles. The number of aliphatic hydroxyl groups excluding tert-OH is 1. The Bertz CT molecular complexity index is 440. The first-order chi connectivity index (χ1) is 8.16. The maximum Gasteiger partial charge on any atom is 0.246 e. The SMILES string of the molecule is Cc1ccccc1C=CC(=O)N1CCC(O)C1. The zero-order valence-corrected chi connectivity index (χ0v) is 9.97. The van der Waals surface area contributed by atoms with Crippen LogP contribution in [0.2, 0.25) is 0 Å². The van der Waals surface area contributed by atoms with Crippen molar-refractivity contribution in [2.75, 3.05) is 13.1 Å². The number of hydrogen-bond acceptors (Lipinski definition) is 2. The molecule has 17 heavy (non-hydrogen) atoms. The maximum atomic E-state index is 11.8. The van der Waals surface area contributed by atoms with E-state index in [0.717, 1.165) is 11.1 Å². The highest BCUT2D eigenvalue weighted by atomic mass is 16.3. The van der Waals surface area contributed by atoms with Crippen LogP contribution in [0.4, 0.5) is 0 Å². The van der Waals surface area contributed by atoms with Crippen LogP contribution >= 0.6 is 0 Å². The summed E-state index contributed by atoms with van der Waals surface area (Å²) >= 11 is 0. The highest BCUT2D eigenvalue weighted by Gasteiger charge is 2.22. The Hall–Kier alpha value is -1.61. The van der Waals surface area contributed by atoms with Gasteiger partial charge in [-0.2, -0.15) is 0 Å². The molecule has 1 unspecified atom stereocenters. The number of aliphatic hydroxyl groups is 1. The Balaban J connectivity index is 2.01. The number of nitrogens with zero attached hydrogens (tertiary/aromatic N) is 1. The van der Waals surface area contributed by atoms with Gasteiger partial charge >= 0.3 is 0 Å². The number of amides is 1. The molecule has 1 heterocycles. The third kappa shape index (κ3) is 2.94. The van der Waals surface area contributed by atoms with Gasteiger partial charge in [0.1, 0.15) is 0 Å². The highest BCUT2D eigenvalue weighted by molar-refractivity contribution is 5.92. The van der Waals surface area contributed by atoms with Crippen molar-refractivity contribution in [3.8, 4) is 0 Å². The fraction of sp³-hybridized carbons (Fsp3) is 0.357. The van der Waals surface area contributed by atoms with Gasteiger partial charge in [0.15, 0.2) is 0 Å². The molecule has 1 saturated heterocycles. The Kier molecular flexibility index (Phi) is 3.59. The maximum absolute atomic E-state index is 11.8. The molecule has 90 valence electrons. The number of benzene rings is 1. The van der Waals surface area contributed by atoms with E-state index in [9.17, 15) is 9.90 Å². The summed E-state index contributed by atoms with van der Waals surface area (Å²) in [7, 11) is 0. The fourth-order valence-corrected chi connectivity index (χ4v) is 1.98. The first-order valence-electron chi connectivity index (χ1n) is 5.87. The van der Waals surface area contributed by atoms with Crippen molar-refractivity contribution in [3.05, 3.63) is 41.5 Å². The third-order valence-electron chi connectivity index (χ3n) is 3.07. The van der Waals surface area contributed by atoms with Crippen LogP contribution in [0.1, 0.15) is 17.5 Å². The minimum Gasteiger partial charge on any atom is -0.391 e. The van der Waals surface area contributed by atoms with E-state index < -0.39 is 0 Å². The zero-order valence-electron chi connectivity index (χ0n) is 9.97. The summed E-state index contributed by atoms with van der Waals surface area (Å²) in [6, 6.07) is 7.93.